The summed E-state index contributed by atoms with van der Waals surface area (Å²) in [7, 11) is -0.813. The van der Waals surface area contributed by atoms with E-state index in [0.29, 0.717) is 0 Å². The van der Waals surface area contributed by atoms with E-state index in [1.54, 1.807) is 0 Å². The molecule has 0 nitrogen and oxygen atoms in total. The van der Waals surface area contributed by atoms with Crippen LogP contribution in [-0.2, 0) is 16.2 Å². The fourth-order valence-electron chi connectivity index (χ4n) is 7.33. The fourth-order valence-corrected chi connectivity index (χ4v) is 11.6. The molecule has 0 atom stereocenters. The second kappa shape index (κ2) is 13.4. The monoisotopic (exact) mass is 686 g/mol. The predicted octanol–water partition coefficient (Wildman–Crippen LogP) is 9.35. The summed E-state index contributed by atoms with van der Waals surface area (Å²) in [4.78, 5) is 2.84. The average Bonchev–Trinajstić information content (AvgIpc) is 3.10. The van der Waals surface area contributed by atoms with E-state index in [2.05, 4.69) is 201 Å². The van der Waals surface area contributed by atoms with Gasteiger partial charge < -0.3 is 0 Å². The van der Waals surface area contributed by atoms with Crippen molar-refractivity contribution in [2.45, 2.75) is 81.4 Å². The van der Waals surface area contributed by atoms with Gasteiger partial charge in [0.05, 0.1) is 0 Å². The minimum Gasteiger partial charge on any atom is -0.0893 e. The van der Waals surface area contributed by atoms with Gasteiger partial charge in [0.15, 0.2) is 0 Å². The lowest BCUT2D eigenvalue weighted by atomic mass is 9.36. The topological polar surface area (TPSA) is 0 Å². The van der Waals surface area contributed by atoms with E-state index >= 15 is 0 Å². The maximum Gasteiger partial charge on any atom is 0.242 e. The zero-order chi connectivity index (χ0) is 35.3. The number of fused-ring (bicyclic) bond motifs is 2. The first-order valence-electron chi connectivity index (χ1n) is 17.9. The zero-order valence-electron chi connectivity index (χ0n) is 30.8. The molecule has 0 aliphatic carbocycles. The highest BCUT2D eigenvalue weighted by Crippen LogP contribution is 2.52. The van der Waals surface area contributed by atoms with Crippen molar-refractivity contribution in [3.8, 4) is 0 Å². The van der Waals surface area contributed by atoms with Gasteiger partial charge in [0, 0.05) is 15.2 Å². The summed E-state index contributed by atoms with van der Waals surface area (Å²) in [5, 5.41) is 4.24. The van der Waals surface area contributed by atoms with E-state index in [0.717, 1.165) is 0 Å². The normalized spacial score (nSPS) is 13.9. The molecule has 1 aliphatic rings. The SMILES string of the molecule is CC(C)(C)c1cc(B(c2ccccc2)c2ccccc2)c2c(c1)C(C)(C)c1cc(C(C)(C)C)cc(P(c3ccccc3)c3ccccc3)c1S2. The molecular formula is C47H48BPS. The van der Waals surface area contributed by atoms with Crippen molar-refractivity contribution in [1.29, 1.82) is 0 Å². The highest BCUT2D eigenvalue weighted by atomic mass is 32.2. The molecule has 0 bridgehead atoms. The van der Waals surface area contributed by atoms with E-state index in [4.69, 9.17) is 0 Å². The Morgan fingerprint density at radius 2 is 0.900 bits per heavy atom. The average molecular weight is 687 g/mol. The third kappa shape index (κ3) is 6.54. The number of hydrogen-bond donors (Lipinski definition) is 0. The van der Waals surface area contributed by atoms with Crippen LogP contribution in [0.5, 0.6) is 0 Å². The molecule has 0 fully saturated rings. The molecule has 50 heavy (non-hydrogen) atoms. The molecule has 0 saturated carbocycles. The van der Waals surface area contributed by atoms with Gasteiger partial charge in [-0.25, -0.2) is 0 Å². The van der Waals surface area contributed by atoms with Gasteiger partial charge in [0.2, 0.25) is 6.71 Å². The van der Waals surface area contributed by atoms with Crippen LogP contribution in [0.1, 0.15) is 77.6 Å². The summed E-state index contributed by atoms with van der Waals surface area (Å²) in [6, 6.07) is 54.9. The van der Waals surface area contributed by atoms with Crippen molar-refractivity contribution in [3.63, 3.8) is 0 Å². The minimum absolute atomic E-state index is 0.00329. The van der Waals surface area contributed by atoms with Gasteiger partial charge in [-0.15, -0.1) is 0 Å². The molecule has 3 heteroatoms. The van der Waals surface area contributed by atoms with Crippen molar-refractivity contribution >= 4 is 58.7 Å². The second-order valence-corrected chi connectivity index (χ2v) is 19.5. The fraction of sp³-hybridized carbons (Fsp3) is 0.234. The van der Waals surface area contributed by atoms with E-state index in [9.17, 15) is 0 Å². The minimum atomic E-state index is -0.813. The summed E-state index contributed by atoms with van der Waals surface area (Å²) in [5.41, 5.74) is 9.53. The Bertz CT molecular complexity index is 1880. The van der Waals surface area contributed by atoms with E-state index in [1.165, 1.54) is 64.3 Å². The molecule has 0 unspecified atom stereocenters. The molecule has 250 valence electrons. The van der Waals surface area contributed by atoms with E-state index in [-0.39, 0.29) is 23.0 Å². The summed E-state index contributed by atoms with van der Waals surface area (Å²) in [6.07, 6.45) is 0. The highest BCUT2D eigenvalue weighted by molar-refractivity contribution is 8.00. The predicted molar refractivity (Wildman–Crippen MR) is 223 cm³/mol. The maximum atomic E-state index is 2.56. The Morgan fingerprint density at radius 3 is 1.34 bits per heavy atom. The van der Waals surface area contributed by atoms with Crippen molar-refractivity contribution in [1.82, 2.24) is 0 Å². The molecule has 0 spiro atoms. The summed E-state index contributed by atoms with van der Waals surface area (Å²) >= 11 is 2.03. The quantitative estimate of drug-likeness (QED) is 0.124. The molecule has 7 rings (SSSR count). The standard InChI is InChI=1S/C47H48BPS/c1-45(2,3)33-29-39-43(41(31-33)48(35-21-13-9-14-22-35)36-23-15-10-16-24-36)50-44-40(47(39,7)8)30-34(46(4,5)6)32-42(44)49(37-25-17-11-18-26-37)38-27-19-12-20-28-38/h9-32H,1-8H3. The molecule has 0 saturated heterocycles. The largest absolute Gasteiger partial charge is 0.242 e. The first-order valence-corrected chi connectivity index (χ1v) is 20.1. The summed E-state index contributed by atoms with van der Waals surface area (Å²) in [6.45, 7) is 19.2. The van der Waals surface area contributed by atoms with Crippen molar-refractivity contribution in [3.05, 3.63) is 168 Å². The molecule has 6 aromatic rings. The van der Waals surface area contributed by atoms with Crippen LogP contribution in [0.3, 0.4) is 0 Å². The van der Waals surface area contributed by atoms with Crippen molar-refractivity contribution in [2.75, 3.05) is 0 Å². The lowest BCUT2D eigenvalue weighted by Crippen LogP contribution is -2.53. The van der Waals surface area contributed by atoms with Crippen LogP contribution in [0.25, 0.3) is 0 Å². The van der Waals surface area contributed by atoms with Crippen molar-refractivity contribution < 1.29 is 0 Å². The zero-order valence-corrected chi connectivity index (χ0v) is 32.5. The Labute approximate surface area is 306 Å². The summed E-state index contributed by atoms with van der Waals surface area (Å²) < 4.78 is 0. The number of hydrogen-bond acceptors (Lipinski definition) is 1. The summed E-state index contributed by atoms with van der Waals surface area (Å²) in [5.74, 6) is 0. The van der Waals surface area contributed by atoms with Crippen LogP contribution in [0, 0.1) is 0 Å². The Balaban J connectivity index is 1.57. The first kappa shape index (κ1) is 34.6. The third-order valence-corrected chi connectivity index (χ3v) is 14.2. The smallest absolute Gasteiger partial charge is 0.0893 e. The van der Waals surface area contributed by atoms with Crippen molar-refractivity contribution in [2.24, 2.45) is 0 Å². The molecule has 0 aromatic heterocycles. The van der Waals surface area contributed by atoms with Crippen LogP contribution in [-0.4, -0.2) is 6.71 Å². The Hall–Kier alpha value is -3.84. The number of benzene rings is 6. The van der Waals surface area contributed by atoms with Crippen LogP contribution in [0.15, 0.2) is 155 Å². The highest BCUT2D eigenvalue weighted by Gasteiger charge is 2.41. The van der Waals surface area contributed by atoms with E-state index < -0.39 is 7.92 Å². The molecule has 1 aliphatic heterocycles. The molecule has 0 radical (unpaired) electrons. The molecule has 1 heterocycles. The Kier molecular flexibility index (Phi) is 9.26. The number of rotatable bonds is 6. The van der Waals surface area contributed by atoms with Gasteiger partial charge in [-0.05, 0) is 63.0 Å². The lowest BCUT2D eigenvalue weighted by Gasteiger charge is -2.41. The van der Waals surface area contributed by atoms with Gasteiger partial charge in [0.25, 0.3) is 0 Å². The lowest BCUT2D eigenvalue weighted by molar-refractivity contribution is 0.566. The van der Waals surface area contributed by atoms with Crippen LogP contribution >= 0.6 is 19.7 Å². The molecule has 0 amide bonds. The maximum absolute atomic E-state index is 2.56. The van der Waals surface area contributed by atoms with Gasteiger partial charge >= 0.3 is 0 Å². The Morgan fingerprint density at radius 1 is 0.500 bits per heavy atom. The molecular weight excluding hydrogens is 638 g/mol. The van der Waals surface area contributed by atoms with Crippen LogP contribution in [0.4, 0.5) is 0 Å². The van der Waals surface area contributed by atoms with Gasteiger partial charge in [-0.2, -0.15) is 0 Å². The second-order valence-electron chi connectivity index (χ2n) is 16.3. The van der Waals surface area contributed by atoms with Gasteiger partial charge in [-0.3, -0.25) is 0 Å². The van der Waals surface area contributed by atoms with Gasteiger partial charge in [0.1, 0.15) is 0 Å². The molecule has 6 aromatic carbocycles. The van der Waals surface area contributed by atoms with Gasteiger partial charge in [-0.1, -0.05) is 223 Å². The van der Waals surface area contributed by atoms with E-state index in [1.807, 2.05) is 11.8 Å². The van der Waals surface area contributed by atoms with Crippen LogP contribution in [0.2, 0.25) is 0 Å². The first-order chi connectivity index (χ1) is 23.8. The molecule has 0 N–H and O–H groups in total. The third-order valence-electron chi connectivity index (χ3n) is 10.3. The van der Waals surface area contributed by atoms with Crippen LogP contribution < -0.4 is 32.3 Å².